The van der Waals surface area contributed by atoms with Gasteiger partial charge in [0, 0.05) is 5.56 Å². The van der Waals surface area contributed by atoms with Crippen molar-refractivity contribution in [2.45, 2.75) is 6.92 Å². The standard InChI is InChI=1S/C13H16N4O/c1-10-12(14)16-9-17-13(10)15-7-8-18-11-5-3-2-4-6-11/h2-6,9H,7-8H2,1H3,(H3,14,15,16,17). The van der Waals surface area contributed by atoms with Gasteiger partial charge in [-0.3, -0.25) is 0 Å². The summed E-state index contributed by atoms with van der Waals surface area (Å²) in [6.07, 6.45) is 1.45. The van der Waals surface area contributed by atoms with Crippen LogP contribution in [0.25, 0.3) is 0 Å². The van der Waals surface area contributed by atoms with E-state index in [1.807, 2.05) is 37.3 Å². The van der Waals surface area contributed by atoms with Crippen molar-refractivity contribution >= 4 is 11.6 Å². The number of para-hydroxylation sites is 1. The maximum Gasteiger partial charge on any atom is 0.134 e. The number of nitrogen functional groups attached to an aromatic ring is 1. The molecule has 0 fully saturated rings. The van der Waals surface area contributed by atoms with E-state index < -0.39 is 0 Å². The van der Waals surface area contributed by atoms with Gasteiger partial charge in [-0.15, -0.1) is 0 Å². The van der Waals surface area contributed by atoms with E-state index in [9.17, 15) is 0 Å². The van der Waals surface area contributed by atoms with Crippen molar-refractivity contribution in [3.05, 3.63) is 42.2 Å². The molecule has 2 rings (SSSR count). The zero-order valence-electron chi connectivity index (χ0n) is 10.3. The predicted molar refractivity (Wildman–Crippen MR) is 71.6 cm³/mol. The zero-order chi connectivity index (χ0) is 12.8. The number of anilines is 2. The summed E-state index contributed by atoms with van der Waals surface area (Å²) in [6.45, 7) is 3.11. The quantitative estimate of drug-likeness (QED) is 0.785. The summed E-state index contributed by atoms with van der Waals surface area (Å²) in [4.78, 5) is 8.04. The minimum absolute atomic E-state index is 0.497. The highest BCUT2D eigenvalue weighted by molar-refractivity contribution is 5.53. The van der Waals surface area contributed by atoms with Crippen LogP contribution in [0.4, 0.5) is 11.6 Å². The summed E-state index contributed by atoms with van der Waals surface area (Å²) in [5.41, 5.74) is 6.55. The lowest BCUT2D eigenvalue weighted by atomic mass is 10.3. The molecule has 0 saturated carbocycles. The molecule has 0 aliphatic rings. The van der Waals surface area contributed by atoms with Gasteiger partial charge in [0.05, 0.1) is 6.54 Å². The Balaban J connectivity index is 1.81. The molecular formula is C13H16N4O. The molecule has 18 heavy (non-hydrogen) atoms. The normalized spacial score (nSPS) is 10.1. The summed E-state index contributed by atoms with van der Waals surface area (Å²) in [5, 5.41) is 3.17. The molecule has 0 bridgehead atoms. The molecule has 5 heteroatoms. The first-order valence-corrected chi connectivity index (χ1v) is 5.76. The van der Waals surface area contributed by atoms with Crippen molar-refractivity contribution in [1.82, 2.24) is 9.97 Å². The lowest BCUT2D eigenvalue weighted by molar-refractivity contribution is 0.332. The van der Waals surface area contributed by atoms with E-state index in [4.69, 9.17) is 10.5 Å². The summed E-state index contributed by atoms with van der Waals surface area (Å²) in [6, 6.07) is 9.69. The summed E-state index contributed by atoms with van der Waals surface area (Å²) in [5.74, 6) is 2.11. The third-order valence-electron chi connectivity index (χ3n) is 2.53. The van der Waals surface area contributed by atoms with Crippen LogP contribution in [0.1, 0.15) is 5.56 Å². The average molecular weight is 244 g/mol. The van der Waals surface area contributed by atoms with Crippen LogP contribution < -0.4 is 15.8 Å². The molecule has 0 radical (unpaired) electrons. The first-order chi connectivity index (χ1) is 8.77. The minimum atomic E-state index is 0.497. The fourth-order valence-electron chi connectivity index (χ4n) is 1.50. The van der Waals surface area contributed by atoms with Crippen molar-refractivity contribution in [1.29, 1.82) is 0 Å². The smallest absolute Gasteiger partial charge is 0.134 e. The number of aromatic nitrogens is 2. The Morgan fingerprint density at radius 1 is 1.22 bits per heavy atom. The van der Waals surface area contributed by atoms with Crippen LogP contribution in [0.2, 0.25) is 0 Å². The summed E-state index contributed by atoms with van der Waals surface area (Å²) in [7, 11) is 0. The molecule has 0 atom stereocenters. The fraction of sp³-hybridized carbons (Fsp3) is 0.231. The van der Waals surface area contributed by atoms with Gasteiger partial charge in [0.15, 0.2) is 0 Å². The highest BCUT2D eigenvalue weighted by Crippen LogP contribution is 2.14. The fourth-order valence-corrected chi connectivity index (χ4v) is 1.50. The first-order valence-electron chi connectivity index (χ1n) is 5.76. The maximum absolute atomic E-state index is 5.69. The molecule has 0 saturated heterocycles. The topological polar surface area (TPSA) is 73.1 Å². The Hall–Kier alpha value is -2.30. The number of benzene rings is 1. The predicted octanol–water partition coefficient (Wildman–Crippen LogP) is 1.86. The highest BCUT2D eigenvalue weighted by atomic mass is 16.5. The first kappa shape index (κ1) is 12.2. The second-order valence-electron chi connectivity index (χ2n) is 3.82. The van der Waals surface area contributed by atoms with E-state index in [0.717, 1.165) is 17.1 Å². The second kappa shape index (κ2) is 5.86. The number of hydrogen-bond donors (Lipinski definition) is 2. The van der Waals surface area contributed by atoms with Gasteiger partial charge in [0.2, 0.25) is 0 Å². The Labute approximate surface area is 106 Å². The Bertz CT molecular complexity index is 502. The van der Waals surface area contributed by atoms with Gasteiger partial charge in [-0.1, -0.05) is 18.2 Å². The van der Waals surface area contributed by atoms with Crippen molar-refractivity contribution in [2.75, 3.05) is 24.2 Å². The lowest BCUT2D eigenvalue weighted by Crippen LogP contribution is -2.14. The van der Waals surface area contributed by atoms with E-state index in [-0.39, 0.29) is 0 Å². The molecule has 0 unspecified atom stereocenters. The van der Waals surface area contributed by atoms with Crippen LogP contribution in [-0.2, 0) is 0 Å². The van der Waals surface area contributed by atoms with Crippen molar-refractivity contribution in [2.24, 2.45) is 0 Å². The van der Waals surface area contributed by atoms with Crippen LogP contribution in [0.3, 0.4) is 0 Å². The highest BCUT2D eigenvalue weighted by Gasteiger charge is 2.02. The number of hydrogen-bond acceptors (Lipinski definition) is 5. The number of ether oxygens (including phenoxy) is 1. The molecule has 0 aliphatic heterocycles. The van der Waals surface area contributed by atoms with E-state index in [0.29, 0.717) is 19.0 Å². The van der Waals surface area contributed by atoms with Gasteiger partial charge >= 0.3 is 0 Å². The summed E-state index contributed by atoms with van der Waals surface area (Å²) >= 11 is 0. The van der Waals surface area contributed by atoms with Gasteiger partial charge in [0.25, 0.3) is 0 Å². The van der Waals surface area contributed by atoms with Crippen LogP contribution >= 0.6 is 0 Å². The Morgan fingerprint density at radius 2 is 2.00 bits per heavy atom. The minimum Gasteiger partial charge on any atom is -0.492 e. The molecule has 1 heterocycles. The van der Waals surface area contributed by atoms with E-state index >= 15 is 0 Å². The molecule has 0 spiro atoms. The van der Waals surface area contributed by atoms with Gasteiger partial charge < -0.3 is 15.8 Å². The SMILES string of the molecule is Cc1c(N)ncnc1NCCOc1ccccc1. The van der Waals surface area contributed by atoms with E-state index in [1.54, 1.807) is 0 Å². The Kier molecular flexibility index (Phi) is 3.96. The van der Waals surface area contributed by atoms with E-state index in [2.05, 4.69) is 15.3 Å². The molecule has 94 valence electrons. The number of nitrogens with one attached hydrogen (secondary N) is 1. The molecule has 1 aromatic carbocycles. The third kappa shape index (κ3) is 3.10. The summed E-state index contributed by atoms with van der Waals surface area (Å²) < 4.78 is 5.56. The van der Waals surface area contributed by atoms with Crippen LogP contribution in [0, 0.1) is 6.92 Å². The maximum atomic E-state index is 5.69. The van der Waals surface area contributed by atoms with Gasteiger partial charge in [-0.05, 0) is 19.1 Å². The van der Waals surface area contributed by atoms with E-state index in [1.165, 1.54) is 6.33 Å². The van der Waals surface area contributed by atoms with Crippen molar-refractivity contribution in [3.8, 4) is 5.75 Å². The largest absolute Gasteiger partial charge is 0.492 e. The van der Waals surface area contributed by atoms with Crippen LogP contribution in [0.15, 0.2) is 36.7 Å². The number of nitrogens with zero attached hydrogens (tertiary/aromatic N) is 2. The molecule has 5 nitrogen and oxygen atoms in total. The molecular weight excluding hydrogens is 228 g/mol. The number of nitrogens with two attached hydrogens (primary N) is 1. The average Bonchev–Trinajstić information content (AvgIpc) is 2.40. The lowest BCUT2D eigenvalue weighted by Gasteiger charge is -2.10. The second-order valence-corrected chi connectivity index (χ2v) is 3.82. The van der Waals surface area contributed by atoms with Crippen molar-refractivity contribution < 1.29 is 4.74 Å². The monoisotopic (exact) mass is 244 g/mol. The van der Waals surface area contributed by atoms with Gasteiger partial charge in [-0.25, -0.2) is 9.97 Å². The molecule has 3 N–H and O–H groups in total. The Morgan fingerprint density at radius 3 is 2.78 bits per heavy atom. The molecule has 1 aromatic heterocycles. The van der Waals surface area contributed by atoms with Gasteiger partial charge in [-0.2, -0.15) is 0 Å². The number of rotatable bonds is 5. The molecule has 0 aliphatic carbocycles. The van der Waals surface area contributed by atoms with Crippen LogP contribution in [-0.4, -0.2) is 23.1 Å². The molecule has 0 amide bonds. The van der Waals surface area contributed by atoms with Gasteiger partial charge in [0.1, 0.15) is 30.3 Å². The van der Waals surface area contributed by atoms with Crippen molar-refractivity contribution in [3.63, 3.8) is 0 Å². The molecule has 2 aromatic rings. The van der Waals surface area contributed by atoms with Crippen LogP contribution in [0.5, 0.6) is 5.75 Å². The zero-order valence-corrected chi connectivity index (χ0v) is 10.3. The third-order valence-corrected chi connectivity index (χ3v) is 2.53.